The molecule has 0 radical (unpaired) electrons. The fraction of sp³-hybridized carbons (Fsp3) is 0.189. The molecule has 0 fully saturated rings. The van der Waals surface area contributed by atoms with Crippen molar-refractivity contribution < 1.29 is 25.8 Å². The number of nitrogens with zero attached hydrogens (tertiary/aromatic N) is 4. The van der Waals surface area contributed by atoms with Crippen LogP contribution in [0.4, 0.5) is 22.7 Å². The molecular weight excluding hydrogens is 1160 g/mol. The van der Waals surface area contributed by atoms with Crippen LogP contribution < -0.4 is 14.5 Å². The summed E-state index contributed by atoms with van der Waals surface area (Å²) in [4.78, 5) is 9.68. The number of aromatic nitrogens is 2. The maximum Gasteiger partial charge on any atom is 0.135 e. The predicted octanol–water partition coefficient (Wildman–Crippen LogP) is 19.6. The molecule has 0 spiro atoms. The molecule has 0 unspecified atom stereocenters. The number of fused-ring (bicyclic) bond motifs is 4. The number of rotatable bonds is 11. The van der Waals surface area contributed by atoms with Crippen LogP contribution in [0.15, 0.2) is 219 Å². The average molecular weight is 1220 g/mol. The summed E-state index contributed by atoms with van der Waals surface area (Å²) in [6, 6.07) is 84.2. The molecule has 2 aromatic heterocycles. The van der Waals surface area contributed by atoms with Gasteiger partial charge in [-0.2, -0.15) is 6.07 Å². The van der Waals surface area contributed by atoms with Gasteiger partial charge in [-0.15, -0.1) is 53.6 Å². The van der Waals surface area contributed by atoms with Gasteiger partial charge in [0, 0.05) is 66.8 Å². The zero-order valence-corrected chi connectivity index (χ0v) is 49.6. The molecular formula is C74H67N4OPt-3. The number of hydrogen-bond donors (Lipinski definition) is 0. The molecule has 12 rings (SSSR count). The Kier molecular flexibility index (Phi) is 14.1. The fourth-order valence-corrected chi connectivity index (χ4v) is 11.2. The molecule has 0 aliphatic carbocycles. The van der Waals surface area contributed by atoms with Crippen LogP contribution in [0.2, 0.25) is 0 Å². The minimum atomic E-state index is -0.413. The van der Waals surface area contributed by atoms with E-state index in [-0.39, 0.29) is 37.3 Å². The standard InChI is InChI=1S/C74H67N4O.Pt/c1-71(2,3)56-32-36-67-69(45-56)77(60-40-53(51-25-17-12-18-26-51)39-58(42-60)73(7,8)54-27-19-13-20-28-54)49-76(67)61-43-59(74(9,10)55-29-21-14-22-30-55)44-63(47-61)79-62-33-34-64-65-41-52(50-23-15-11-16-24-50)31-35-66(65)78(68(64)48-62)70-46-57(37-38-75-70)72(4,5)6;/h11-46,49H,1-10H3;/q-3;. The van der Waals surface area contributed by atoms with Crippen molar-refractivity contribution >= 4 is 44.6 Å². The molecule has 0 saturated carbocycles. The van der Waals surface area contributed by atoms with E-state index < -0.39 is 5.41 Å². The normalized spacial score (nSPS) is 12.9. The molecule has 6 heteroatoms. The molecule has 0 bridgehead atoms. The summed E-state index contributed by atoms with van der Waals surface area (Å²) in [5.74, 6) is 2.00. The van der Waals surface area contributed by atoms with Crippen LogP contribution in [0, 0.1) is 18.8 Å². The van der Waals surface area contributed by atoms with Gasteiger partial charge in [-0.05, 0) is 114 Å². The largest absolute Gasteiger partial charge is 0.509 e. The third-order valence-corrected chi connectivity index (χ3v) is 16.2. The van der Waals surface area contributed by atoms with Crippen LogP contribution in [-0.2, 0) is 42.7 Å². The molecule has 9 aromatic carbocycles. The van der Waals surface area contributed by atoms with Crippen molar-refractivity contribution in [3.8, 4) is 39.6 Å². The minimum Gasteiger partial charge on any atom is -0.509 e. The summed E-state index contributed by atoms with van der Waals surface area (Å²) in [5.41, 5.74) is 17.0. The average Bonchev–Trinajstić information content (AvgIpc) is 4.18. The molecule has 1 aliphatic rings. The zero-order chi connectivity index (χ0) is 54.8. The van der Waals surface area contributed by atoms with Crippen molar-refractivity contribution in [2.75, 3.05) is 9.80 Å². The quantitative estimate of drug-likeness (QED) is 0.121. The Morgan fingerprint density at radius 1 is 0.412 bits per heavy atom. The van der Waals surface area contributed by atoms with Crippen molar-refractivity contribution in [2.24, 2.45) is 0 Å². The Labute approximate surface area is 487 Å². The van der Waals surface area contributed by atoms with Crippen LogP contribution in [0.3, 0.4) is 0 Å². The summed E-state index contributed by atoms with van der Waals surface area (Å²) in [6.07, 6.45) is 1.92. The maximum absolute atomic E-state index is 7.14. The third-order valence-electron chi connectivity index (χ3n) is 16.2. The summed E-state index contributed by atoms with van der Waals surface area (Å²) >= 11 is 0. The number of benzene rings is 9. The Morgan fingerprint density at radius 3 is 1.62 bits per heavy atom. The summed E-state index contributed by atoms with van der Waals surface area (Å²) in [5, 5.41) is 2.19. The van der Waals surface area contributed by atoms with Crippen LogP contribution in [0.5, 0.6) is 11.5 Å². The summed E-state index contributed by atoms with van der Waals surface area (Å²) in [6.45, 7) is 25.1. The van der Waals surface area contributed by atoms with Crippen molar-refractivity contribution in [3.63, 3.8) is 0 Å². The first-order valence-electron chi connectivity index (χ1n) is 27.6. The van der Waals surface area contributed by atoms with Crippen molar-refractivity contribution in [3.05, 3.63) is 271 Å². The number of pyridine rings is 1. The van der Waals surface area contributed by atoms with Crippen LogP contribution in [0.25, 0.3) is 49.9 Å². The van der Waals surface area contributed by atoms with E-state index in [0.29, 0.717) is 11.5 Å². The van der Waals surface area contributed by atoms with E-state index in [1.165, 1.54) is 38.9 Å². The van der Waals surface area contributed by atoms with Gasteiger partial charge < -0.3 is 19.1 Å². The first kappa shape index (κ1) is 54.0. The van der Waals surface area contributed by atoms with E-state index in [2.05, 4.69) is 309 Å². The molecule has 0 saturated heterocycles. The van der Waals surface area contributed by atoms with E-state index in [1.807, 2.05) is 12.3 Å². The van der Waals surface area contributed by atoms with Crippen molar-refractivity contribution in [1.82, 2.24) is 9.55 Å². The summed E-state index contributed by atoms with van der Waals surface area (Å²) < 4.78 is 9.38. The third kappa shape index (κ3) is 10.2. The van der Waals surface area contributed by atoms with Crippen LogP contribution >= 0.6 is 0 Å². The van der Waals surface area contributed by atoms with Gasteiger partial charge in [-0.1, -0.05) is 220 Å². The monoisotopic (exact) mass is 1220 g/mol. The van der Waals surface area contributed by atoms with E-state index >= 15 is 0 Å². The Morgan fingerprint density at radius 2 is 1.00 bits per heavy atom. The predicted molar refractivity (Wildman–Crippen MR) is 330 cm³/mol. The molecule has 3 heterocycles. The van der Waals surface area contributed by atoms with Gasteiger partial charge in [0.15, 0.2) is 0 Å². The molecule has 1 aliphatic heterocycles. The van der Waals surface area contributed by atoms with Gasteiger partial charge >= 0.3 is 0 Å². The topological polar surface area (TPSA) is 33.5 Å². The molecule has 11 aromatic rings. The number of hydrogen-bond acceptors (Lipinski definition) is 4. The zero-order valence-electron chi connectivity index (χ0n) is 47.4. The minimum absolute atomic E-state index is 0. The van der Waals surface area contributed by atoms with E-state index in [1.54, 1.807) is 0 Å². The SMILES string of the molecule is CC(C)(C)c1ccnc(-n2c3[c-]c(Oc4[c-]c(N5[CH-]N(c6cc(-c7ccccc7)cc(C(C)(C)c7ccccc7)c6)c6cc(C(C)(C)C)ccc65)cc(C(C)(C)c5ccccc5)c4)ccc3c3cc(-c4ccccc4)ccc32)c1.[Pt]. The number of anilines is 4. The van der Waals surface area contributed by atoms with Gasteiger partial charge in [-0.25, -0.2) is 4.98 Å². The second-order valence-electron chi connectivity index (χ2n) is 24.3. The van der Waals surface area contributed by atoms with Crippen LogP contribution in [0.1, 0.15) is 103 Å². The fourth-order valence-electron chi connectivity index (χ4n) is 11.2. The Bertz CT molecular complexity index is 4040. The molecule has 402 valence electrons. The maximum atomic E-state index is 7.14. The van der Waals surface area contributed by atoms with E-state index in [4.69, 9.17) is 9.72 Å². The second-order valence-corrected chi connectivity index (χ2v) is 24.3. The molecule has 5 nitrogen and oxygen atoms in total. The van der Waals surface area contributed by atoms with Crippen LogP contribution in [-0.4, -0.2) is 9.55 Å². The Hall–Kier alpha value is -7.98. The molecule has 0 atom stereocenters. The van der Waals surface area contributed by atoms with Crippen molar-refractivity contribution in [1.29, 1.82) is 0 Å². The first-order chi connectivity index (χ1) is 37.9. The molecule has 80 heavy (non-hydrogen) atoms. The molecule has 0 amide bonds. The van der Waals surface area contributed by atoms with Crippen molar-refractivity contribution in [2.45, 2.75) is 90.9 Å². The van der Waals surface area contributed by atoms with Gasteiger partial charge in [0.2, 0.25) is 0 Å². The van der Waals surface area contributed by atoms with Gasteiger partial charge in [0.05, 0.1) is 0 Å². The smallest absolute Gasteiger partial charge is 0.135 e. The van der Waals surface area contributed by atoms with Gasteiger partial charge in [0.25, 0.3) is 0 Å². The second kappa shape index (κ2) is 20.9. The van der Waals surface area contributed by atoms with Gasteiger partial charge in [0.1, 0.15) is 5.82 Å². The van der Waals surface area contributed by atoms with E-state index in [0.717, 1.165) is 67.1 Å². The summed E-state index contributed by atoms with van der Waals surface area (Å²) in [7, 11) is 0. The first-order valence-corrected chi connectivity index (χ1v) is 27.6. The van der Waals surface area contributed by atoms with Gasteiger partial charge in [-0.3, -0.25) is 0 Å². The van der Waals surface area contributed by atoms with E-state index in [9.17, 15) is 0 Å². The number of ether oxygens (including phenoxy) is 1. The Balaban J connectivity index is 0.00000675. The molecule has 0 N–H and O–H groups in total.